The lowest BCUT2D eigenvalue weighted by molar-refractivity contribution is -0.253. The average molecular weight is 299 g/mol. The maximum atomic E-state index is 12.5. The second-order valence-corrected chi connectivity index (χ2v) is 5.42. The first kappa shape index (κ1) is 16.8. The topological polar surface area (TPSA) is 26.0 Å². The van der Waals surface area contributed by atoms with Crippen LogP contribution in [0.15, 0.2) is 24.3 Å². The monoisotopic (exact) mass is 299 g/mol. The van der Waals surface area contributed by atoms with E-state index in [4.69, 9.17) is 5.73 Å². The molecule has 2 N–H and O–H groups in total. The highest BCUT2D eigenvalue weighted by Gasteiger charge is 2.57. The predicted molar refractivity (Wildman–Crippen MR) is 63.3 cm³/mol. The summed E-state index contributed by atoms with van der Waals surface area (Å²) in [7, 11) is 0. The zero-order chi connectivity index (χ0) is 15.8. The smallest absolute Gasteiger partial charge is 0.325 e. The average Bonchev–Trinajstić information content (AvgIpc) is 2.14. The van der Waals surface area contributed by atoms with Gasteiger partial charge in [0.25, 0.3) is 0 Å². The Morgan fingerprint density at radius 1 is 0.900 bits per heavy atom. The van der Waals surface area contributed by atoms with Gasteiger partial charge >= 0.3 is 12.4 Å². The molecule has 0 aliphatic carbocycles. The first-order valence-corrected chi connectivity index (χ1v) is 5.82. The molecule has 0 aromatic heterocycles. The fraction of sp³-hybridized carbons (Fsp3) is 0.538. The van der Waals surface area contributed by atoms with Crippen molar-refractivity contribution < 1.29 is 26.3 Å². The van der Waals surface area contributed by atoms with Gasteiger partial charge in [0, 0.05) is 5.54 Å². The molecule has 0 aliphatic heterocycles. The Balaban J connectivity index is 3.07. The normalized spacial score (nSPS) is 13.9. The molecule has 0 radical (unpaired) electrons. The molecule has 0 fully saturated rings. The van der Waals surface area contributed by atoms with Crippen molar-refractivity contribution in [1.29, 1.82) is 0 Å². The third-order valence-corrected chi connectivity index (χ3v) is 2.63. The Morgan fingerprint density at radius 3 is 1.60 bits per heavy atom. The highest BCUT2D eigenvalue weighted by molar-refractivity contribution is 5.28. The number of hydrogen-bond donors (Lipinski definition) is 1. The summed E-state index contributed by atoms with van der Waals surface area (Å²) >= 11 is 0. The highest BCUT2D eigenvalue weighted by Crippen LogP contribution is 2.46. The minimum atomic E-state index is -5.37. The molecular formula is C13H15F6N. The van der Waals surface area contributed by atoms with E-state index in [0.717, 1.165) is 12.1 Å². The first-order chi connectivity index (χ1) is 8.81. The van der Waals surface area contributed by atoms with E-state index in [-0.39, 0.29) is 0 Å². The predicted octanol–water partition coefficient (Wildman–Crippen LogP) is 4.17. The molecule has 1 aromatic carbocycles. The van der Waals surface area contributed by atoms with Crippen LogP contribution in [-0.2, 0) is 6.42 Å². The van der Waals surface area contributed by atoms with Crippen LogP contribution in [0.1, 0.15) is 30.9 Å². The van der Waals surface area contributed by atoms with Gasteiger partial charge in [-0.25, -0.2) is 0 Å². The molecule has 0 heterocycles. The summed E-state index contributed by atoms with van der Waals surface area (Å²) < 4.78 is 75.2. The molecule has 20 heavy (non-hydrogen) atoms. The molecule has 0 aliphatic rings. The van der Waals surface area contributed by atoms with E-state index in [9.17, 15) is 26.3 Å². The van der Waals surface area contributed by atoms with Crippen molar-refractivity contribution in [2.24, 2.45) is 5.73 Å². The summed E-state index contributed by atoms with van der Waals surface area (Å²) in [4.78, 5) is 0. The SMILES string of the molecule is CC(C)(N)Cc1ccc(C(C(F)(F)F)C(F)(F)F)cc1. The number of hydrogen-bond acceptors (Lipinski definition) is 1. The van der Waals surface area contributed by atoms with Gasteiger partial charge in [-0.2, -0.15) is 26.3 Å². The largest absolute Gasteiger partial charge is 0.404 e. The number of halogens is 6. The molecule has 1 nitrogen and oxygen atoms in total. The van der Waals surface area contributed by atoms with Gasteiger partial charge in [-0.3, -0.25) is 0 Å². The third-order valence-electron chi connectivity index (χ3n) is 2.63. The van der Waals surface area contributed by atoms with Crippen molar-refractivity contribution in [3.05, 3.63) is 35.4 Å². The molecule has 0 bridgehead atoms. The lowest BCUT2D eigenvalue weighted by atomic mass is 9.92. The maximum Gasteiger partial charge on any atom is 0.404 e. The third kappa shape index (κ3) is 4.70. The van der Waals surface area contributed by atoms with Crippen molar-refractivity contribution in [2.75, 3.05) is 0 Å². The summed E-state index contributed by atoms with van der Waals surface area (Å²) in [5.41, 5.74) is 4.93. The maximum absolute atomic E-state index is 12.5. The Labute approximate surface area is 112 Å². The van der Waals surface area contributed by atoms with Gasteiger partial charge in [-0.15, -0.1) is 0 Å². The fourth-order valence-electron chi connectivity index (χ4n) is 1.92. The van der Waals surface area contributed by atoms with Gasteiger partial charge in [0.1, 0.15) is 0 Å². The Bertz CT molecular complexity index is 424. The molecule has 1 aromatic rings. The van der Waals surface area contributed by atoms with E-state index in [0.29, 0.717) is 12.0 Å². The zero-order valence-electron chi connectivity index (χ0n) is 10.9. The van der Waals surface area contributed by atoms with E-state index in [1.54, 1.807) is 13.8 Å². The van der Waals surface area contributed by atoms with Gasteiger partial charge in [0.05, 0.1) is 0 Å². The quantitative estimate of drug-likeness (QED) is 0.833. The van der Waals surface area contributed by atoms with Crippen LogP contribution in [0, 0.1) is 0 Å². The minimum Gasteiger partial charge on any atom is -0.325 e. The molecule has 0 saturated carbocycles. The van der Waals surface area contributed by atoms with E-state index in [2.05, 4.69) is 0 Å². The van der Waals surface area contributed by atoms with Gasteiger partial charge in [0.15, 0.2) is 5.92 Å². The van der Waals surface area contributed by atoms with Crippen molar-refractivity contribution in [1.82, 2.24) is 0 Å². The van der Waals surface area contributed by atoms with Crippen LogP contribution in [0.5, 0.6) is 0 Å². The lowest BCUT2D eigenvalue weighted by Crippen LogP contribution is -2.35. The highest BCUT2D eigenvalue weighted by atomic mass is 19.4. The molecule has 1 rings (SSSR count). The lowest BCUT2D eigenvalue weighted by Gasteiger charge is -2.24. The molecule has 0 unspecified atom stereocenters. The number of benzene rings is 1. The van der Waals surface area contributed by atoms with Gasteiger partial charge < -0.3 is 5.73 Å². The van der Waals surface area contributed by atoms with Crippen molar-refractivity contribution in [3.8, 4) is 0 Å². The van der Waals surface area contributed by atoms with Gasteiger partial charge in [-0.05, 0) is 31.4 Å². The summed E-state index contributed by atoms with van der Waals surface area (Å²) in [5, 5.41) is 0. The van der Waals surface area contributed by atoms with Crippen LogP contribution < -0.4 is 5.73 Å². The summed E-state index contributed by atoms with van der Waals surface area (Å²) in [5.74, 6) is -3.46. The van der Waals surface area contributed by atoms with Crippen LogP contribution in [-0.4, -0.2) is 17.9 Å². The molecule has 0 spiro atoms. The van der Waals surface area contributed by atoms with Gasteiger partial charge in [0.2, 0.25) is 0 Å². The molecular weight excluding hydrogens is 284 g/mol. The van der Waals surface area contributed by atoms with Crippen LogP contribution >= 0.6 is 0 Å². The molecule has 7 heteroatoms. The number of rotatable bonds is 3. The Morgan fingerprint density at radius 2 is 1.30 bits per heavy atom. The van der Waals surface area contributed by atoms with Crippen molar-refractivity contribution >= 4 is 0 Å². The fourth-order valence-corrected chi connectivity index (χ4v) is 1.92. The van der Waals surface area contributed by atoms with E-state index >= 15 is 0 Å². The van der Waals surface area contributed by atoms with Crippen LogP contribution in [0.2, 0.25) is 0 Å². The van der Waals surface area contributed by atoms with Crippen molar-refractivity contribution in [3.63, 3.8) is 0 Å². The Kier molecular flexibility index (Phi) is 4.43. The van der Waals surface area contributed by atoms with E-state index in [1.165, 1.54) is 12.1 Å². The molecule has 0 amide bonds. The van der Waals surface area contributed by atoms with E-state index < -0.39 is 29.4 Å². The van der Waals surface area contributed by atoms with Crippen molar-refractivity contribution in [2.45, 2.75) is 44.1 Å². The second-order valence-electron chi connectivity index (χ2n) is 5.42. The molecule has 0 saturated heterocycles. The summed E-state index contributed by atoms with van der Waals surface area (Å²) in [6.07, 6.45) is -10.4. The van der Waals surface area contributed by atoms with Crippen LogP contribution in [0.4, 0.5) is 26.3 Å². The summed E-state index contributed by atoms with van der Waals surface area (Å²) in [6.45, 7) is 3.43. The minimum absolute atomic E-state index is 0.357. The first-order valence-electron chi connectivity index (χ1n) is 5.82. The van der Waals surface area contributed by atoms with Crippen LogP contribution in [0.25, 0.3) is 0 Å². The number of alkyl halides is 6. The zero-order valence-corrected chi connectivity index (χ0v) is 10.9. The Hall–Kier alpha value is -1.24. The van der Waals surface area contributed by atoms with Gasteiger partial charge in [-0.1, -0.05) is 24.3 Å². The standard InChI is InChI=1S/C13H15F6N/c1-11(2,20)7-8-3-5-9(6-4-8)10(12(14,15)16)13(17,18)19/h3-6,10H,7,20H2,1-2H3. The summed E-state index contributed by atoms with van der Waals surface area (Å²) in [6, 6.07) is 4.20. The second kappa shape index (κ2) is 5.27. The molecule has 0 atom stereocenters. The molecule has 114 valence electrons. The van der Waals surface area contributed by atoms with E-state index in [1.807, 2.05) is 0 Å². The van der Waals surface area contributed by atoms with Crippen LogP contribution in [0.3, 0.4) is 0 Å². The number of nitrogens with two attached hydrogens (primary N) is 1.